The van der Waals surface area contributed by atoms with Crippen molar-refractivity contribution in [2.75, 3.05) is 9.80 Å². The van der Waals surface area contributed by atoms with E-state index in [0.29, 0.717) is 0 Å². The van der Waals surface area contributed by atoms with E-state index in [-0.39, 0.29) is 6.71 Å². The lowest BCUT2D eigenvalue weighted by Gasteiger charge is -2.46. The Labute approximate surface area is 708 Å². The van der Waals surface area contributed by atoms with Crippen molar-refractivity contribution < 1.29 is 0 Å². The average Bonchev–Trinajstić information content (AvgIpc) is 0.932. The molecule has 5 heteroatoms. The number of hydrogen-bond acceptors (Lipinski definition) is 2. The Kier molecular flexibility index (Phi) is 17.5. The van der Waals surface area contributed by atoms with Gasteiger partial charge >= 0.3 is 0 Å². The van der Waals surface area contributed by atoms with Crippen LogP contribution in [-0.2, 0) is 0 Å². The third-order valence-electron chi connectivity index (χ3n) is 26.1. The molecular formula is C116H87BN4. The van der Waals surface area contributed by atoms with Gasteiger partial charge in [0.2, 0.25) is 0 Å². The number of aromatic nitrogens is 2. The summed E-state index contributed by atoms with van der Waals surface area (Å²) in [5.74, 6) is 0. The second kappa shape index (κ2) is 29.1. The summed E-state index contributed by atoms with van der Waals surface area (Å²) in [7, 11) is 0. The van der Waals surface area contributed by atoms with Crippen LogP contribution in [0.15, 0.2) is 382 Å². The molecule has 22 rings (SSSR count). The van der Waals surface area contributed by atoms with E-state index in [2.05, 4.69) is 457 Å². The lowest BCUT2D eigenvalue weighted by molar-refractivity contribution is 1.17. The number of aryl methyl sites for hydroxylation is 8. The van der Waals surface area contributed by atoms with E-state index >= 15 is 0 Å². The Morgan fingerprint density at radius 3 is 0.719 bits per heavy atom. The normalized spacial score (nSPS) is 12.2. The predicted octanol–water partition coefficient (Wildman–Crippen LogP) is 29.4. The fraction of sp³-hybridized carbons (Fsp3) is 0.0690. The van der Waals surface area contributed by atoms with Gasteiger partial charge in [-0.05, 0) is 279 Å². The molecule has 20 aromatic rings. The van der Waals surface area contributed by atoms with Gasteiger partial charge in [-0.3, -0.25) is 0 Å². The van der Waals surface area contributed by atoms with E-state index in [0.717, 1.165) is 123 Å². The van der Waals surface area contributed by atoms with Crippen molar-refractivity contribution >= 4 is 101 Å². The van der Waals surface area contributed by atoms with Gasteiger partial charge in [0.05, 0.1) is 33.4 Å². The number of para-hydroxylation sites is 2. The van der Waals surface area contributed by atoms with Crippen LogP contribution in [0.4, 0.5) is 34.1 Å². The summed E-state index contributed by atoms with van der Waals surface area (Å²) in [5.41, 5.74) is 48.1. The maximum absolute atomic E-state index is 2.70. The highest BCUT2D eigenvalue weighted by Gasteiger charge is 2.46. The van der Waals surface area contributed by atoms with E-state index in [4.69, 9.17) is 0 Å². The van der Waals surface area contributed by atoms with Gasteiger partial charge in [-0.2, -0.15) is 0 Å². The summed E-state index contributed by atoms with van der Waals surface area (Å²) in [4.78, 5) is 5.40. The summed E-state index contributed by atoms with van der Waals surface area (Å²) in [6.45, 7) is 17.7. The van der Waals surface area contributed by atoms with E-state index in [1.165, 1.54) is 127 Å². The van der Waals surface area contributed by atoms with Gasteiger partial charge in [-0.25, -0.2) is 0 Å². The van der Waals surface area contributed by atoms with Gasteiger partial charge in [0, 0.05) is 77.9 Å². The molecule has 18 aromatic carbocycles. The number of hydrogen-bond donors (Lipinski definition) is 0. The molecule has 2 aliphatic rings. The minimum atomic E-state index is -0.306. The molecule has 0 N–H and O–H groups in total. The van der Waals surface area contributed by atoms with Crippen LogP contribution in [0.1, 0.15) is 44.5 Å². The van der Waals surface area contributed by atoms with Crippen LogP contribution in [0.2, 0.25) is 0 Å². The third kappa shape index (κ3) is 11.9. The van der Waals surface area contributed by atoms with E-state index in [1.54, 1.807) is 0 Å². The Morgan fingerprint density at radius 2 is 0.446 bits per heavy atom. The molecule has 0 spiro atoms. The highest BCUT2D eigenvalue weighted by Crippen LogP contribution is 2.55. The Hall–Kier alpha value is -14.8. The lowest BCUT2D eigenvalue weighted by atomic mass is 9.33. The summed E-state index contributed by atoms with van der Waals surface area (Å²) in [6.07, 6.45) is 0. The molecule has 0 fully saturated rings. The highest BCUT2D eigenvalue weighted by atomic mass is 15.2. The molecule has 2 aromatic heterocycles. The lowest BCUT2D eigenvalue weighted by Crippen LogP contribution is -2.61. The maximum Gasteiger partial charge on any atom is 0.252 e. The Morgan fingerprint density at radius 1 is 0.190 bits per heavy atom. The number of nitrogens with zero attached hydrogens (tertiary/aromatic N) is 4. The molecule has 4 nitrogen and oxygen atoms in total. The van der Waals surface area contributed by atoms with Crippen molar-refractivity contribution in [3.63, 3.8) is 0 Å². The third-order valence-corrected chi connectivity index (χ3v) is 26.1. The summed E-state index contributed by atoms with van der Waals surface area (Å²) in [6, 6.07) is 145. The maximum atomic E-state index is 2.70. The van der Waals surface area contributed by atoms with Gasteiger partial charge in [0.15, 0.2) is 0 Å². The minimum absolute atomic E-state index is 0.306. The van der Waals surface area contributed by atoms with Gasteiger partial charge in [-0.1, -0.05) is 297 Å². The molecule has 0 atom stereocenters. The molecule has 0 aliphatic carbocycles. The number of fused-ring (bicyclic) bond motifs is 10. The van der Waals surface area contributed by atoms with Gasteiger partial charge in [0.1, 0.15) is 0 Å². The van der Waals surface area contributed by atoms with Crippen molar-refractivity contribution in [1.29, 1.82) is 0 Å². The summed E-state index contributed by atoms with van der Waals surface area (Å²) in [5, 5.41) is 4.82. The van der Waals surface area contributed by atoms with Crippen LogP contribution >= 0.6 is 0 Å². The van der Waals surface area contributed by atoms with Crippen LogP contribution in [0.3, 0.4) is 0 Å². The number of rotatable bonds is 13. The first kappa shape index (κ1) is 72.7. The summed E-state index contributed by atoms with van der Waals surface area (Å²) < 4.78 is 5.12. The van der Waals surface area contributed by atoms with Crippen molar-refractivity contribution in [3.05, 3.63) is 427 Å². The first-order valence-corrected chi connectivity index (χ1v) is 42.4. The first-order chi connectivity index (χ1) is 59.4. The zero-order valence-electron chi connectivity index (χ0n) is 69.2. The fourth-order valence-electron chi connectivity index (χ4n) is 20.8. The quantitative estimate of drug-likeness (QED) is 0.107. The molecule has 574 valence electrons. The zero-order valence-corrected chi connectivity index (χ0v) is 69.2. The largest absolute Gasteiger partial charge is 0.310 e. The van der Waals surface area contributed by atoms with Crippen LogP contribution < -0.4 is 26.2 Å². The molecule has 121 heavy (non-hydrogen) atoms. The standard InChI is InChI=1S/C116H87BN4/c1-72-30-24-31-73(2)110(72)85-52-60-102-96(64-85)97-65-86(111-74(3)32-25-33-75(111)4)53-61-103(97)118(102)90-56-58-100-106(70-90)120(115-92(81-40-16-10-17-41-81)48-28-49-93(115)82-42-18-11-19-43-82)108-68-89(80-38-14-9-15-39-80)69-109-114(108)117(100)101-59-57-91(71-107(101)121(109)116-94(83-44-20-12-21-45-83)50-29-51-95(116)84-46-22-13-23-47-84)119-104-62-54-87(112-76(5)34-26-35-77(112)6)66-98(104)99-67-88(55-63-105(99)119)113-78(7)36-27-37-79(113)8/h9-71H,1-8H3. The molecule has 0 bridgehead atoms. The molecule has 0 unspecified atom stereocenters. The molecule has 0 saturated carbocycles. The van der Waals surface area contributed by atoms with Crippen molar-refractivity contribution in [2.24, 2.45) is 0 Å². The second-order valence-corrected chi connectivity index (χ2v) is 33.4. The second-order valence-electron chi connectivity index (χ2n) is 33.4. The molecule has 0 saturated heterocycles. The van der Waals surface area contributed by atoms with Gasteiger partial charge in [-0.15, -0.1) is 0 Å². The average molecular weight is 1550 g/mol. The number of anilines is 6. The smallest absolute Gasteiger partial charge is 0.252 e. The monoisotopic (exact) mass is 1550 g/mol. The van der Waals surface area contributed by atoms with Crippen molar-refractivity contribution in [3.8, 4) is 112 Å². The van der Waals surface area contributed by atoms with E-state index < -0.39 is 0 Å². The molecule has 0 radical (unpaired) electrons. The Bertz CT molecular complexity index is 6760. The molecule has 4 heterocycles. The van der Waals surface area contributed by atoms with Crippen LogP contribution in [0.25, 0.3) is 155 Å². The fourth-order valence-corrected chi connectivity index (χ4v) is 20.8. The predicted molar refractivity (Wildman–Crippen MR) is 516 cm³/mol. The van der Waals surface area contributed by atoms with Crippen LogP contribution in [0.5, 0.6) is 0 Å². The van der Waals surface area contributed by atoms with E-state index in [9.17, 15) is 0 Å². The Balaban J connectivity index is 0.880. The molecule has 0 amide bonds. The molecule has 2 aliphatic heterocycles. The summed E-state index contributed by atoms with van der Waals surface area (Å²) >= 11 is 0. The highest BCUT2D eigenvalue weighted by molar-refractivity contribution is 7.00. The van der Waals surface area contributed by atoms with Crippen LogP contribution in [-0.4, -0.2) is 15.8 Å². The topological polar surface area (TPSA) is 16.3 Å². The van der Waals surface area contributed by atoms with E-state index in [1.807, 2.05) is 0 Å². The minimum Gasteiger partial charge on any atom is -0.310 e. The zero-order chi connectivity index (χ0) is 81.4. The van der Waals surface area contributed by atoms with Crippen LogP contribution in [0, 0.1) is 55.4 Å². The number of benzene rings is 18. The molecular weight excluding hydrogens is 1460 g/mol. The van der Waals surface area contributed by atoms with Gasteiger partial charge < -0.3 is 18.9 Å². The van der Waals surface area contributed by atoms with Crippen molar-refractivity contribution in [2.45, 2.75) is 55.4 Å². The SMILES string of the molecule is Cc1cccc(C)c1-c1ccc2c(c1)c1cc(-c3c(C)cccc3C)ccc1n2-c1ccc2c(c1)N(c1c(-c3ccccc3)cccc1-c1ccccc1)c1cc(-c3ccccc3)cc3c1B2c1ccc(-n2c4ccc(-c5c(C)cccc5C)cc4c4cc(-c5c(C)cccc5C)ccc42)cc1N3c1c(-c2ccccc2)cccc1-c1ccccc1. The van der Waals surface area contributed by atoms with Gasteiger partial charge in [0.25, 0.3) is 6.71 Å². The van der Waals surface area contributed by atoms with Crippen molar-refractivity contribution in [1.82, 2.24) is 9.13 Å². The first-order valence-electron chi connectivity index (χ1n) is 42.4.